The van der Waals surface area contributed by atoms with Crippen LogP contribution in [0.15, 0.2) is 84.1 Å². The Hall–Kier alpha value is -3.28. The molecule has 5 heteroatoms. The van der Waals surface area contributed by atoms with E-state index in [2.05, 4.69) is 88.5 Å². The van der Waals surface area contributed by atoms with Crippen LogP contribution in [0.1, 0.15) is 35.1 Å². The third-order valence-corrected chi connectivity index (χ3v) is 10.1. The van der Waals surface area contributed by atoms with Crippen molar-refractivity contribution in [2.45, 2.75) is 49.9 Å². The van der Waals surface area contributed by atoms with Crippen LogP contribution in [0, 0.1) is 5.92 Å². The first-order valence-corrected chi connectivity index (χ1v) is 14.1. The first-order chi connectivity index (χ1) is 18.6. The minimum atomic E-state index is -0.0474. The quantitative estimate of drug-likeness (QED) is 0.546. The molecule has 0 saturated carbocycles. The van der Waals surface area contributed by atoms with Crippen LogP contribution in [0.3, 0.4) is 0 Å². The van der Waals surface area contributed by atoms with Crippen LogP contribution in [-0.4, -0.2) is 58.8 Å². The summed E-state index contributed by atoms with van der Waals surface area (Å²) < 4.78 is 6.95. The minimum Gasteiger partial charge on any atom is -0.504 e. The van der Waals surface area contributed by atoms with Crippen LogP contribution in [0.2, 0.25) is 0 Å². The number of piperidine rings is 1. The Morgan fingerprint density at radius 1 is 0.921 bits per heavy atom. The first-order valence-electron chi connectivity index (χ1n) is 14.1. The summed E-state index contributed by atoms with van der Waals surface area (Å²) in [6.45, 7) is 4.75. The number of hydrogen-bond acceptors (Lipinski definition) is 5. The van der Waals surface area contributed by atoms with Crippen LogP contribution in [0.4, 0.5) is 0 Å². The molecular weight excluding hydrogens is 470 g/mol. The number of nitrogens with zero attached hydrogens (tertiary/aromatic N) is 3. The van der Waals surface area contributed by atoms with Crippen LogP contribution >= 0.6 is 0 Å². The lowest BCUT2D eigenvalue weighted by molar-refractivity contribution is -0.0344. The fourth-order valence-corrected chi connectivity index (χ4v) is 8.52. The summed E-state index contributed by atoms with van der Waals surface area (Å²) in [6, 6.07) is 26.2. The van der Waals surface area contributed by atoms with Gasteiger partial charge in [0.05, 0.1) is 12.4 Å². The van der Waals surface area contributed by atoms with Gasteiger partial charge in [-0.2, -0.15) is 0 Å². The Labute approximate surface area is 224 Å². The van der Waals surface area contributed by atoms with E-state index in [1.165, 1.54) is 33.5 Å². The zero-order chi connectivity index (χ0) is 25.4. The van der Waals surface area contributed by atoms with Gasteiger partial charge < -0.3 is 19.6 Å². The van der Waals surface area contributed by atoms with Crippen molar-refractivity contribution in [2.24, 2.45) is 5.92 Å². The van der Waals surface area contributed by atoms with E-state index in [1.54, 1.807) is 0 Å². The molecule has 3 aromatic rings. The van der Waals surface area contributed by atoms with Crippen molar-refractivity contribution >= 4 is 0 Å². The molecule has 1 spiro atoms. The molecule has 3 aliphatic heterocycles. The number of fused-ring (bicyclic) bond motifs is 1. The van der Waals surface area contributed by atoms with Gasteiger partial charge in [-0.25, -0.2) is 0 Å². The Kier molecular flexibility index (Phi) is 4.99. The topological polar surface area (TPSA) is 39.2 Å². The molecule has 1 N–H and O–H groups in total. The highest BCUT2D eigenvalue weighted by molar-refractivity contribution is 5.63. The highest BCUT2D eigenvalue weighted by atomic mass is 16.5. The van der Waals surface area contributed by atoms with Crippen molar-refractivity contribution in [3.8, 4) is 11.5 Å². The third-order valence-electron chi connectivity index (χ3n) is 10.1. The second kappa shape index (κ2) is 8.36. The predicted octanol–water partition coefficient (Wildman–Crippen LogP) is 4.90. The lowest BCUT2D eigenvalue weighted by Crippen LogP contribution is -2.66. The number of phenols is 1. The van der Waals surface area contributed by atoms with E-state index in [4.69, 9.17) is 4.74 Å². The fraction of sp³-hybridized carbons (Fsp3) is 0.394. The number of rotatable bonds is 4. The number of hydrogen-bond donors (Lipinski definition) is 1. The maximum absolute atomic E-state index is 11.0. The van der Waals surface area contributed by atoms with Crippen molar-refractivity contribution in [2.75, 3.05) is 26.8 Å². The molecule has 38 heavy (non-hydrogen) atoms. The molecule has 0 amide bonds. The Morgan fingerprint density at radius 3 is 2.42 bits per heavy atom. The molecule has 2 aliphatic carbocycles. The second-order valence-corrected chi connectivity index (χ2v) is 12.1. The average molecular weight is 506 g/mol. The van der Waals surface area contributed by atoms with Gasteiger partial charge in [0.25, 0.3) is 0 Å². The molecule has 1 fully saturated rings. The molecule has 8 rings (SSSR count). The molecule has 0 aromatic heterocycles. The summed E-state index contributed by atoms with van der Waals surface area (Å²) in [4.78, 5) is 7.79. The molecule has 4 atom stereocenters. The number of phenolic OH excluding ortho intramolecular Hbond substituents is 1. The van der Waals surface area contributed by atoms with Gasteiger partial charge in [-0.3, -0.25) is 4.90 Å². The highest BCUT2D eigenvalue weighted by Crippen LogP contribution is 2.65. The van der Waals surface area contributed by atoms with Crippen molar-refractivity contribution in [3.05, 3.63) is 106 Å². The zero-order valence-corrected chi connectivity index (χ0v) is 22.0. The SMILES string of the molecule is CN1CC[C@]23c4c5ccc(O)c4OC2C2=C(C[C@H]3[C@H]1C5)CN(Cc1ccccc1)CN2Cc1ccccc1. The van der Waals surface area contributed by atoms with E-state index < -0.39 is 0 Å². The first kappa shape index (κ1) is 22.7. The number of benzene rings is 3. The maximum Gasteiger partial charge on any atom is 0.166 e. The van der Waals surface area contributed by atoms with Gasteiger partial charge in [-0.15, -0.1) is 0 Å². The largest absolute Gasteiger partial charge is 0.504 e. The number of likely N-dealkylation sites (N-methyl/N-ethyl adjacent to an activating group) is 1. The molecule has 5 aliphatic rings. The van der Waals surface area contributed by atoms with Crippen LogP contribution in [0.25, 0.3) is 0 Å². The summed E-state index contributed by atoms with van der Waals surface area (Å²) >= 11 is 0. The summed E-state index contributed by atoms with van der Waals surface area (Å²) in [5.41, 5.74) is 8.27. The summed E-state index contributed by atoms with van der Waals surface area (Å²) in [5, 5.41) is 11.0. The van der Waals surface area contributed by atoms with E-state index in [0.717, 1.165) is 57.9 Å². The van der Waals surface area contributed by atoms with Gasteiger partial charge in [0, 0.05) is 36.7 Å². The molecule has 3 heterocycles. The molecule has 194 valence electrons. The fourth-order valence-electron chi connectivity index (χ4n) is 8.52. The molecule has 3 aromatic carbocycles. The maximum atomic E-state index is 11.0. The van der Waals surface area contributed by atoms with Crippen molar-refractivity contribution < 1.29 is 9.84 Å². The van der Waals surface area contributed by atoms with Gasteiger partial charge in [0.15, 0.2) is 11.5 Å². The molecule has 1 saturated heterocycles. The van der Waals surface area contributed by atoms with Crippen molar-refractivity contribution in [1.82, 2.24) is 14.7 Å². The highest BCUT2D eigenvalue weighted by Gasteiger charge is 2.66. The smallest absolute Gasteiger partial charge is 0.166 e. The standard InChI is InChI=1S/C33H35N3O2/c1-34-15-14-33-26-16-25-20-35(18-22-8-4-2-5-9-22)21-36(19-23-10-6-3-7-11-23)30(25)32(33)38-31-28(37)13-12-24(29(31)33)17-27(26)34/h2-13,26-27,32,37H,14-21H2,1H3/t26-,27+,32?,33-/m0/s1. The van der Waals surface area contributed by atoms with Gasteiger partial charge >= 0.3 is 0 Å². The second-order valence-electron chi connectivity index (χ2n) is 12.1. The number of likely N-dealkylation sites (tertiary alicyclic amines) is 1. The lowest BCUT2D eigenvalue weighted by atomic mass is 9.51. The van der Waals surface area contributed by atoms with E-state index in [1.807, 2.05) is 6.07 Å². The van der Waals surface area contributed by atoms with Gasteiger partial charge in [0.1, 0.15) is 6.10 Å². The van der Waals surface area contributed by atoms with Gasteiger partial charge in [-0.05, 0) is 67.1 Å². The molecular formula is C33H35N3O2. The summed E-state index contributed by atoms with van der Waals surface area (Å²) in [6.07, 6.45) is 3.21. The van der Waals surface area contributed by atoms with Crippen LogP contribution in [-0.2, 0) is 24.9 Å². The van der Waals surface area contributed by atoms with Crippen molar-refractivity contribution in [3.63, 3.8) is 0 Å². The normalized spacial score (nSPS) is 29.6. The lowest BCUT2D eigenvalue weighted by Gasteiger charge is -2.60. The summed E-state index contributed by atoms with van der Waals surface area (Å²) in [5.74, 6) is 1.58. The van der Waals surface area contributed by atoms with Crippen LogP contribution in [0.5, 0.6) is 11.5 Å². The zero-order valence-electron chi connectivity index (χ0n) is 22.0. The minimum absolute atomic E-state index is 0.0302. The van der Waals surface area contributed by atoms with E-state index in [0.29, 0.717) is 17.7 Å². The monoisotopic (exact) mass is 505 g/mol. The molecule has 2 bridgehead atoms. The summed E-state index contributed by atoms with van der Waals surface area (Å²) in [7, 11) is 2.31. The van der Waals surface area contributed by atoms with Crippen LogP contribution < -0.4 is 4.74 Å². The molecule has 1 unspecified atom stereocenters. The van der Waals surface area contributed by atoms with E-state index in [-0.39, 0.29) is 11.5 Å². The third kappa shape index (κ3) is 3.18. The average Bonchev–Trinajstić information content (AvgIpc) is 3.28. The molecule has 0 radical (unpaired) electrons. The molecule has 5 nitrogen and oxygen atoms in total. The Balaban J connectivity index is 1.26. The van der Waals surface area contributed by atoms with E-state index >= 15 is 0 Å². The Bertz CT molecular complexity index is 1420. The van der Waals surface area contributed by atoms with Crippen molar-refractivity contribution in [1.29, 1.82) is 0 Å². The number of ether oxygens (including phenoxy) is 1. The Morgan fingerprint density at radius 2 is 1.66 bits per heavy atom. The van der Waals surface area contributed by atoms with Gasteiger partial charge in [0.2, 0.25) is 0 Å². The van der Waals surface area contributed by atoms with Gasteiger partial charge in [-0.1, -0.05) is 66.7 Å². The van der Waals surface area contributed by atoms with E-state index in [9.17, 15) is 5.11 Å². The predicted molar refractivity (Wildman–Crippen MR) is 148 cm³/mol. The number of aromatic hydroxyl groups is 1.